The van der Waals surface area contributed by atoms with E-state index in [-0.39, 0.29) is 5.56 Å². The van der Waals surface area contributed by atoms with E-state index in [0.29, 0.717) is 5.69 Å². The molecule has 0 atom stereocenters. The van der Waals surface area contributed by atoms with Gasteiger partial charge in [-0.25, -0.2) is 0 Å². The van der Waals surface area contributed by atoms with E-state index in [1.54, 1.807) is 14.0 Å². The monoisotopic (exact) mass is 278 g/mol. The van der Waals surface area contributed by atoms with Crippen molar-refractivity contribution in [3.8, 4) is 16.2 Å². The summed E-state index contributed by atoms with van der Waals surface area (Å²) < 4.78 is 5.32. The Kier molecular flexibility index (Phi) is 3.44. The number of methoxy groups -OCH3 is 1. The number of pyridine rings is 1. The van der Waals surface area contributed by atoms with E-state index >= 15 is 0 Å². The van der Waals surface area contributed by atoms with Crippen LogP contribution in [0.5, 0.6) is 5.06 Å². The van der Waals surface area contributed by atoms with Crippen LogP contribution in [0, 0.1) is 13.8 Å². The Bertz CT molecular complexity index is 700. The van der Waals surface area contributed by atoms with E-state index < -0.39 is 11.5 Å². The van der Waals surface area contributed by atoms with Crippen LogP contribution in [0.4, 0.5) is 0 Å². The number of nitrogens with two attached hydrogens (primary N) is 1. The lowest BCUT2D eigenvalue weighted by Crippen LogP contribution is -2.24. The molecule has 3 N–H and O–H groups in total. The normalized spacial score (nSPS) is 10.5. The van der Waals surface area contributed by atoms with Crippen LogP contribution in [0.25, 0.3) is 11.1 Å². The van der Waals surface area contributed by atoms with Gasteiger partial charge in [-0.1, -0.05) is 0 Å². The van der Waals surface area contributed by atoms with Crippen LogP contribution in [0.2, 0.25) is 0 Å². The first-order valence-electron chi connectivity index (χ1n) is 5.62. The van der Waals surface area contributed by atoms with Crippen molar-refractivity contribution >= 4 is 17.2 Å². The minimum Gasteiger partial charge on any atom is -0.487 e. The number of thiophene rings is 1. The molecule has 1 amide bonds. The number of amides is 1. The number of aromatic amines is 1. The molecule has 0 fully saturated rings. The fourth-order valence-electron chi connectivity index (χ4n) is 1.96. The minimum absolute atomic E-state index is 0.0479. The van der Waals surface area contributed by atoms with E-state index in [0.717, 1.165) is 21.8 Å². The summed E-state index contributed by atoms with van der Waals surface area (Å²) in [7, 11) is 1.59. The summed E-state index contributed by atoms with van der Waals surface area (Å²) in [6.45, 7) is 3.72. The topological polar surface area (TPSA) is 85.2 Å². The van der Waals surface area contributed by atoms with Gasteiger partial charge >= 0.3 is 0 Å². The largest absolute Gasteiger partial charge is 0.487 e. The summed E-state index contributed by atoms with van der Waals surface area (Å²) in [5.41, 5.74) is 8.02. The molecule has 19 heavy (non-hydrogen) atoms. The van der Waals surface area contributed by atoms with Gasteiger partial charge in [-0.2, -0.15) is 0 Å². The Labute approximate surface area is 114 Å². The van der Waals surface area contributed by atoms with Gasteiger partial charge in [0.25, 0.3) is 11.5 Å². The first-order valence-corrected chi connectivity index (χ1v) is 6.49. The van der Waals surface area contributed by atoms with Crippen LogP contribution < -0.4 is 16.0 Å². The lowest BCUT2D eigenvalue weighted by Gasteiger charge is -2.09. The maximum Gasteiger partial charge on any atom is 0.261 e. The van der Waals surface area contributed by atoms with Crippen LogP contribution >= 0.6 is 11.3 Å². The van der Waals surface area contributed by atoms with Crippen molar-refractivity contribution in [1.29, 1.82) is 0 Å². The number of aryl methyl sites for hydroxylation is 2. The van der Waals surface area contributed by atoms with Gasteiger partial charge in [-0.3, -0.25) is 9.59 Å². The maximum absolute atomic E-state index is 11.7. The molecule has 0 bridgehead atoms. The van der Waals surface area contributed by atoms with E-state index in [2.05, 4.69) is 4.98 Å². The molecule has 0 aliphatic rings. The average molecular weight is 278 g/mol. The molecule has 0 saturated heterocycles. The van der Waals surface area contributed by atoms with Crippen LogP contribution in [0.3, 0.4) is 0 Å². The van der Waals surface area contributed by atoms with Gasteiger partial charge in [0.1, 0.15) is 5.56 Å². The van der Waals surface area contributed by atoms with Crippen molar-refractivity contribution < 1.29 is 9.53 Å². The number of primary amides is 1. The number of carbonyl (C=O) groups is 1. The summed E-state index contributed by atoms with van der Waals surface area (Å²) in [5.74, 6) is -0.741. The highest BCUT2D eigenvalue weighted by molar-refractivity contribution is 7.12. The molecular formula is C13H14N2O3S. The lowest BCUT2D eigenvalue weighted by molar-refractivity contribution is 0.0999. The molecule has 100 valence electrons. The van der Waals surface area contributed by atoms with Crippen molar-refractivity contribution in [3.63, 3.8) is 0 Å². The zero-order valence-electron chi connectivity index (χ0n) is 10.9. The zero-order chi connectivity index (χ0) is 14.2. The highest BCUT2D eigenvalue weighted by Gasteiger charge is 2.17. The van der Waals surface area contributed by atoms with Crippen molar-refractivity contribution in [2.24, 2.45) is 5.73 Å². The second-order valence-corrected chi connectivity index (χ2v) is 5.04. The van der Waals surface area contributed by atoms with Crippen LogP contribution in [-0.4, -0.2) is 18.0 Å². The Balaban J connectivity index is 2.75. The van der Waals surface area contributed by atoms with Crippen molar-refractivity contribution in [2.45, 2.75) is 13.8 Å². The molecule has 0 aromatic carbocycles. The fraction of sp³-hybridized carbons (Fsp3) is 0.231. The Morgan fingerprint density at radius 2 is 2.11 bits per heavy atom. The smallest absolute Gasteiger partial charge is 0.261 e. The molecule has 0 aliphatic carbocycles. The van der Waals surface area contributed by atoms with E-state index in [1.807, 2.05) is 12.3 Å². The molecule has 2 heterocycles. The number of ether oxygens (including phenoxy) is 1. The van der Waals surface area contributed by atoms with E-state index in [4.69, 9.17) is 10.5 Å². The number of H-pyrrole nitrogens is 1. The molecule has 2 aromatic heterocycles. The van der Waals surface area contributed by atoms with Gasteiger partial charge < -0.3 is 15.5 Å². The number of hydrogen-bond donors (Lipinski definition) is 2. The van der Waals surface area contributed by atoms with Crippen molar-refractivity contribution in [2.75, 3.05) is 7.11 Å². The number of rotatable bonds is 3. The number of nitrogens with one attached hydrogen (secondary N) is 1. The maximum atomic E-state index is 11.7. The Hall–Kier alpha value is -2.08. The molecule has 2 rings (SSSR count). The summed E-state index contributed by atoms with van der Waals surface area (Å²) in [4.78, 5) is 25.6. The van der Waals surface area contributed by atoms with Gasteiger partial charge in [0.15, 0.2) is 5.06 Å². The molecular weight excluding hydrogens is 264 g/mol. The molecule has 0 unspecified atom stereocenters. The first kappa shape index (κ1) is 13.4. The van der Waals surface area contributed by atoms with Gasteiger partial charge in [-0.05, 0) is 30.9 Å². The third-order valence-electron chi connectivity index (χ3n) is 2.90. The summed E-state index contributed by atoms with van der Waals surface area (Å²) in [6.07, 6.45) is 0. The standard InChI is InChI=1S/C13H14N2O3S/c1-6-5-19-13(18-3)10(6)8-4-9(11(14)16)12(17)15-7(8)2/h4-5H,1-3H3,(H2,14,16)(H,15,17). The van der Waals surface area contributed by atoms with E-state index in [9.17, 15) is 9.59 Å². The van der Waals surface area contributed by atoms with Gasteiger partial charge in [-0.15, -0.1) is 11.3 Å². The molecule has 2 aromatic rings. The average Bonchev–Trinajstić information content (AvgIpc) is 2.70. The van der Waals surface area contributed by atoms with Crippen LogP contribution in [0.15, 0.2) is 16.2 Å². The molecule has 6 heteroatoms. The first-order chi connectivity index (χ1) is 8.95. The third kappa shape index (κ3) is 2.26. The van der Waals surface area contributed by atoms with Crippen molar-refractivity contribution in [1.82, 2.24) is 4.98 Å². The second-order valence-electron chi connectivity index (χ2n) is 4.20. The van der Waals surface area contributed by atoms with Gasteiger partial charge in [0.2, 0.25) is 0 Å². The number of aromatic nitrogens is 1. The van der Waals surface area contributed by atoms with E-state index in [1.165, 1.54) is 17.4 Å². The highest BCUT2D eigenvalue weighted by atomic mass is 32.1. The number of carbonyl (C=O) groups excluding carboxylic acids is 1. The molecule has 0 radical (unpaired) electrons. The predicted molar refractivity (Wildman–Crippen MR) is 74.9 cm³/mol. The second kappa shape index (κ2) is 4.89. The lowest BCUT2D eigenvalue weighted by atomic mass is 10.0. The number of hydrogen-bond acceptors (Lipinski definition) is 4. The van der Waals surface area contributed by atoms with Gasteiger partial charge in [0.05, 0.1) is 7.11 Å². The molecule has 0 aliphatic heterocycles. The molecule has 5 nitrogen and oxygen atoms in total. The van der Waals surface area contributed by atoms with Crippen molar-refractivity contribution in [3.05, 3.63) is 38.6 Å². The summed E-state index contributed by atoms with van der Waals surface area (Å²) in [6, 6.07) is 1.52. The van der Waals surface area contributed by atoms with Gasteiger partial charge in [0, 0.05) is 16.8 Å². The Morgan fingerprint density at radius 3 is 2.68 bits per heavy atom. The fourth-order valence-corrected chi connectivity index (χ4v) is 2.85. The van der Waals surface area contributed by atoms with Crippen LogP contribution in [0.1, 0.15) is 21.6 Å². The molecule has 0 saturated carbocycles. The quantitative estimate of drug-likeness (QED) is 0.898. The summed E-state index contributed by atoms with van der Waals surface area (Å²) in [5, 5.41) is 2.70. The minimum atomic E-state index is -0.741. The highest BCUT2D eigenvalue weighted by Crippen LogP contribution is 2.39. The SMILES string of the molecule is COc1scc(C)c1-c1cc(C(N)=O)c(=O)[nH]c1C. The molecule has 0 spiro atoms. The summed E-state index contributed by atoms with van der Waals surface area (Å²) >= 11 is 1.47. The predicted octanol–water partition coefficient (Wildman–Crippen LogP) is 1.83. The zero-order valence-corrected chi connectivity index (χ0v) is 11.7. The van der Waals surface area contributed by atoms with Crippen LogP contribution in [-0.2, 0) is 0 Å². The Morgan fingerprint density at radius 1 is 1.42 bits per heavy atom. The third-order valence-corrected chi connectivity index (χ3v) is 3.96.